The highest BCUT2D eigenvalue weighted by atomic mass is 16.5. The second kappa shape index (κ2) is 11.3. The zero-order valence-electron chi connectivity index (χ0n) is 21.9. The lowest BCUT2D eigenvalue weighted by molar-refractivity contribution is -0.120. The summed E-state index contributed by atoms with van der Waals surface area (Å²) >= 11 is 0. The van der Waals surface area contributed by atoms with Crippen molar-refractivity contribution >= 4 is 11.6 Å². The number of aryl methyl sites for hydroxylation is 3. The Morgan fingerprint density at radius 2 is 1.69 bits per heavy atom. The van der Waals surface area contributed by atoms with E-state index in [4.69, 9.17) is 14.5 Å². The number of carbonyl (C=O) groups is 1. The van der Waals surface area contributed by atoms with Gasteiger partial charge in [0, 0.05) is 18.3 Å². The number of pyridine rings is 1. The maximum Gasteiger partial charge on any atom is 0.226 e. The number of ether oxygens (including phenoxy) is 2. The molecule has 36 heavy (non-hydrogen) atoms. The van der Waals surface area contributed by atoms with Crippen LogP contribution in [-0.2, 0) is 17.6 Å². The summed E-state index contributed by atoms with van der Waals surface area (Å²) in [7, 11) is 0. The van der Waals surface area contributed by atoms with Crippen LogP contribution in [0.1, 0.15) is 41.8 Å². The SMILES string of the molecule is CCOc1ccc(CCNC(=O)Cc2c(-c3ccc(C)c(C)c3)nc3cc(C)ccn23)cc1OCC. The van der Waals surface area contributed by atoms with Crippen LogP contribution in [0.25, 0.3) is 16.9 Å². The summed E-state index contributed by atoms with van der Waals surface area (Å²) in [5.41, 5.74) is 8.29. The molecule has 6 heteroatoms. The van der Waals surface area contributed by atoms with Gasteiger partial charge in [0.05, 0.1) is 31.0 Å². The molecule has 0 spiro atoms. The fraction of sp³-hybridized carbons (Fsp3) is 0.333. The van der Waals surface area contributed by atoms with Gasteiger partial charge in [0.2, 0.25) is 5.91 Å². The molecule has 0 bridgehead atoms. The average Bonchev–Trinajstić information content (AvgIpc) is 3.19. The van der Waals surface area contributed by atoms with Crippen LogP contribution in [0, 0.1) is 20.8 Å². The minimum absolute atomic E-state index is 0.0292. The highest BCUT2D eigenvalue weighted by Gasteiger charge is 2.18. The van der Waals surface area contributed by atoms with Crippen molar-refractivity contribution < 1.29 is 14.3 Å². The first-order valence-electron chi connectivity index (χ1n) is 12.6. The van der Waals surface area contributed by atoms with Crippen molar-refractivity contribution in [2.24, 2.45) is 0 Å². The summed E-state index contributed by atoms with van der Waals surface area (Å²) in [5.74, 6) is 1.45. The number of hydrogen-bond acceptors (Lipinski definition) is 4. The number of imidazole rings is 1. The molecule has 2 aromatic carbocycles. The highest BCUT2D eigenvalue weighted by molar-refractivity contribution is 5.81. The molecule has 0 aliphatic heterocycles. The molecule has 0 fully saturated rings. The molecule has 0 saturated carbocycles. The number of carbonyl (C=O) groups excluding carboxylic acids is 1. The Morgan fingerprint density at radius 1 is 0.917 bits per heavy atom. The van der Waals surface area contributed by atoms with Crippen molar-refractivity contribution in [3.05, 3.63) is 82.7 Å². The minimum Gasteiger partial charge on any atom is -0.490 e. The predicted molar refractivity (Wildman–Crippen MR) is 144 cm³/mol. The molecule has 0 saturated heterocycles. The van der Waals surface area contributed by atoms with E-state index in [1.807, 2.05) is 54.8 Å². The Hall–Kier alpha value is -3.80. The van der Waals surface area contributed by atoms with E-state index >= 15 is 0 Å². The summed E-state index contributed by atoms with van der Waals surface area (Å²) in [6.45, 7) is 11.9. The van der Waals surface area contributed by atoms with E-state index < -0.39 is 0 Å². The minimum atomic E-state index is -0.0292. The van der Waals surface area contributed by atoms with Gasteiger partial charge in [-0.1, -0.05) is 18.2 Å². The molecule has 0 aliphatic rings. The third-order valence-electron chi connectivity index (χ3n) is 6.33. The zero-order valence-corrected chi connectivity index (χ0v) is 21.9. The maximum atomic E-state index is 13.0. The van der Waals surface area contributed by atoms with Gasteiger partial charge in [-0.25, -0.2) is 4.98 Å². The number of nitrogens with zero attached hydrogens (tertiary/aromatic N) is 2. The normalized spacial score (nSPS) is 11.0. The van der Waals surface area contributed by atoms with Gasteiger partial charge in [-0.05, 0) is 93.6 Å². The summed E-state index contributed by atoms with van der Waals surface area (Å²) < 4.78 is 13.4. The maximum absolute atomic E-state index is 13.0. The van der Waals surface area contributed by atoms with Crippen LogP contribution in [0.15, 0.2) is 54.7 Å². The molecule has 0 aliphatic carbocycles. The van der Waals surface area contributed by atoms with Crippen molar-refractivity contribution in [1.82, 2.24) is 14.7 Å². The number of amides is 1. The van der Waals surface area contributed by atoms with Crippen molar-refractivity contribution in [3.63, 3.8) is 0 Å². The lowest BCUT2D eigenvalue weighted by atomic mass is 10.0. The van der Waals surface area contributed by atoms with E-state index in [-0.39, 0.29) is 12.3 Å². The van der Waals surface area contributed by atoms with E-state index in [2.05, 4.69) is 44.3 Å². The van der Waals surface area contributed by atoms with Crippen molar-refractivity contribution in [3.8, 4) is 22.8 Å². The molecule has 0 radical (unpaired) electrons. The van der Waals surface area contributed by atoms with Gasteiger partial charge in [-0.3, -0.25) is 4.79 Å². The van der Waals surface area contributed by atoms with Gasteiger partial charge in [0.1, 0.15) is 5.65 Å². The van der Waals surface area contributed by atoms with Crippen LogP contribution in [0.4, 0.5) is 0 Å². The fourth-order valence-electron chi connectivity index (χ4n) is 4.30. The van der Waals surface area contributed by atoms with E-state index in [0.29, 0.717) is 26.2 Å². The molecule has 0 atom stereocenters. The van der Waals surface area contributed by atoms with Gasteiger partial charge in [0.15, 0.2) is 11.5 Å². The van der Waals surface area contributed by atoms with Gasteiger partial charge < -0.3 is 19.2 Å². The summed E-state index contributed by atoms with van der Waals surface area (Å²) in [4.78, 5) is 17.9. The van der Waals surface area contributed by atoms with Crippen molar-refractivity contribution in [2.75, 3.05) is 19.8 Å². The molecule has 1 N–H and O–H groups in total. The Morgan fingerprint density at radius 3 is 2.44 bits per heavy atom. The fourth-order valence-corrected chi connectivity index (χ4v) is 4.30. The Kier molecular flexibility index (Phi) is 7.93. The Balaban J connectivity index is 1.50. The van der Waals surface area contributed by atoms with Crippen LogP contribution >= 0.6 is 0 Å². The van der Waals surface area contributed by atoms with Crippen LogP contribution in [0.5, 0.6) is 11.5 Å². The molecular weight excluding hydrogens is 450 g/mol. The molecule has 4 aromatic rings. The topological polar surface area (TPSA) is 64.9 Å². The summed E-state index contributed by atoms with van der Waals surface area (Å²) in [6.07, 6.45) is 2.95. The van der Waals surface area contributed by atoms with E-state index in [1.54, 1.807) is 0 Å². The van der Waals surface area contributed by atoms with Crippen molar-refractivity contribution in [1.29, 1.82) is 0 Å². The van der Waals surface area contributed by atoms with Crippen LogP contribution < -0.4 is 14.8 Å². The third kappa shape index (κ3) is 5.70. The van der Waals surface area contributed by atoms with Gasteiger partial charge in [-0.2, -0.15) is 0 Å². The number of fused-ring (bicyclic) bond motifs is 1. The smallest absolute Gasteiger partial charge is 0.226 e. The number of aromatic nitrogens is 2. The molecular formula is C30H35N3O3. The number of hydrogen-bond donors (Lipinski definition) is 1. The summed E-state index contributed by atoms with van der Waals surface area (Å²) in [5, 5.41) is 3.08. The average molecular weight is 486 g/mol. The number of nitrogens with one attached hydrogen (secondary N) is 1. The van der Waals surface area contributed by atoms with E-state index in [9.17, 15) is 4.79 Å². The highest BCUT2D eigenvalue weighted by Crippen LogP contribution is 2.29. The van der Waals surface area contributed by atoms with Gasteiger partial charge in [-0.15, -0.1) is 0 Å². The second-order valence-corrected chi connectivity index (χ2v) is 9.06. The largest absolute Gasteiger partial charge is 0.490 e. The molecule has 0 unspecified atom stereocenters. The first-order chi connectivity index (χ1) is 17.4. The number of benzene rings is 2. The van der Waals surface area contributed by atoms with E-state index in [1.165, 1.54) is 11.1 Å². The van der Waals surface area contributed by atoms with E-state index in [0.717, 1.165) is 45.2 Å². The standard InChI is InChI=1S/C30H35N3O3/c1-6-35-26-11-9-23(18-27(26)36-7-2)12-14-31-29(34)19-25-30(24-10-8-21(4)22(5)17-24)32-28-16-20(3)13-15-33(25)28/h8-11,13,15-18H,6-7,12,14,19H2,1-5H3,(H,31,34). The molecule has 188 valence electrons. The molecule has 2 heterocycles. The third-order valence-corrected chi connectivity index (χ3v) is 6.33. The summed E-state index contributed by atoms with van der Waals surface area (Å²) in [6, 6.07) is 16.4. The van der Waals surface area contributed by atoms with Crippen LogP contribution in [0.2, 0.25) is 0 Å². The Labute approximate surface area is 213 Å². The van der Waals surface area contributed by atoms with Crippen LogP contribution in [-0.4, -0.2) is 35.1 Å². The molecule has 2 aromatic heterocycles. The van der Waals surface area contributed by atoms with Gasteiger partial charge >= 0.3 is 0 Å². The lowest BCUT2D eigenvalue weighted by Gasteiger charge is -2.13. The first kappa shape index (κ1) is 25.3. The second-order valence-electron chi connectivity index (χ2n) is 9.06. The molecule has 6 nitrogen and oxygen atoms in total. The Bertz CT molecular complexity index is 1370. The van der Waals surface area contributed by atoms with Crippen LogP contribution in [0.3, 0.4) is 0 Å². The predicted octanol–water partition coefficient (Wildman–Crippen LogP) is 5.63. The number of rotatable bonds is 10. The monoisotopic (exact) mass is 485 g/mol. The quantitative estimate of drug-likeness (QED) is 0.316. The first-order valence-corrected chi connectivity index (χ1v) is 12.6. The molecule has 4 rings (SSSR count). The lowest BCUT2D eigenvalue weighted by Crippen LogP contribution is -2.27. The zero-order chi connectivity index (χ0) is 25.7. The van der Waals surface area contributed by atoms with Crippen molar-refractivity contribution in [2.45, 2.75) is 47.5 Å². The molecule has 1 amide bonds. The van der Waals surface area contributed by atoms with Gasteiger partial charge in [0.25, 0.3) is 0 Å².